The van der Waals surface area contributed by atoms with Gasteiger partial charge in [-0.25, -0.2) is 4.39 Å². The Balaban J connectivity index is 3.17. The summed E-state index contributed by atoms with van der Waals surface area (Å²) in [7, 11) is 0. The molecule has 0 saturated carbocycles. The van der Waals surface area contributed by atoms with Crippen molar-refractivity contribution in [2.75, 3.05) is 6.67 Å². The zero-order valence-electron chi connectivity index (χ0n) is 3.48. The molecule has 0 unspecified atom stereocenters. The van der Waals surface area contributed by atoms with E-state index in [4.69, 9.17) is 0 Å². The lowest BCUT2D eigenvalue weighted by atomic mass is 10.7. The van der Waals surface area contributed by atoms with E-state index in [1.165, 1.54) is 0 Å². The van der Waals surface area contributed by atoms with Gasteiger partial charge in [0.2, 0.25) is 6.41 Å². The number of halogens is 1. The van der Waals surface area contributed by atoms with Crippen molar-refractivity contribution >= 4 is 12.3 Å². The summed E-state index contributed by atoms with van der Waals surface area (Å²) in [5.74, 6) is -0.907. The molecular weight excluding hydrogens is 101 g/mol. The molecule has 3 nitrogen and oxygen atoms in total. The van der Waals surface area contributed by atoms with Gasteiger partial charge >= 0.3 is 0 Å². The molecule has 0 radical (unpaired) electrons. The Morgan fingerprint density at radius 3 is 2.57 bits per heavy atom. The van der Waals surface area contributed by atoms with Crippen LogP contribution in [0.1, 0.15) is 0 Å². The Hall–Kier alpha value is -0.930. The fourth-order valence-electron chi connectivity index (χ4n) is 0.104. The first-order valence-corrected chi connectivity index (χ1v) is 1.60. The summed E-state index contributed by atoms with van der Waals surface area (Å²) in [6.45, 7) is -1.14. The first-order chi connectivity index (χ1) is 3.31. The van der Waals surface area contributed by atoms with Gasteiger partial charge in [0, 0.05) is 0 Å². The summed E-state index contributed by atoms with van der Waals surface area (Å²) < 4.78 is 11.0. The minimum Gasteiger partial charge on any atom is -0.297 e. The van der Waals surface area contributed by atoms with Crippen molar-refractivity contribution in [2.24, 2.45) is 0 Å². The van der Waals surface area contributed by atoms with E-state index >= 15 is 0 Å². The normalized spacial score (nSPS) is 7.57. The lowest BCUT2D eigenvalue weighted by molar-refractivity contribution is -0.125. The molecule has 7 heavy (non-hydrogen) atoms. The van der Waals surface area contributed by atoms with E-state index in [9.17, 15) is 14.0 Å². The molecule has 0 saturated heterocycles. The number of hydrogen-bond acceptors (Lipinski definition) is 2. The van der Waals surface area contributed by atoms with Crippen LogP contribution in [0.15, 0.2) is 0 Å². The molecule has 4 heteroatoms. The summed E-state index contributed by atoms with van der Waals surface area (Å²) in [5, 5.41) is 1.60. The second kappa shape index (κ2) is 3.27. The molecule has 0 bridgehead atoms. The maximum atomic E-state index is 11.0. The summed E-state index contributed by atoms with van der Waals surface area (Å²) in [6, 6.07) is 0. The average molecular weight is 105 g/mol. The maximum Gasteiger partial charge on any atom is 0.257 e. The Morgan fingerprint density at radius 2 is 2.43 bits per heavy atom. The van der Waals surface area contributed by atoms with Crippen LogP contribution in [0.25, 0.3) is 0 Å². The number of amides is 2. The summed E-state index contributed by atoms with van der Waals surface area (Å²) in [5.41, 5.74) is 0. The summed E-state index contributed by atoms with van der Waals surface area (Å²) in [6.07, 6.45) is 0.141. The Kier molecular flexibility index (Phi) is 2.83. The van der Waals surface area contributed by atoms with E-state index in [-0.39, 0.29) is 6.41 Å². The van der Waals surface area contributed by atoms with Crippen molar-refractivity contribution in [1.29, 1.82) is 0 Å². The van der Waals surface area contributed by atoms with Crippen LogP contribution in [-0.4, -0.2) is 19.0 Å². The zero-order valence-corrected chi connectivity index (χ0v) is 3.48. The van der Waals surface area contributed by atoms with Gasteiger partial charge < -0.3 is 0 Å². The highest BCUT2D eigenvalue weighted by atomic mass is 19.1. The molecule has 0 aromatic rings. The van der Waals surface area contributed by atoms with Gasteiger partial charge in [0.05, 0.1) is 0 Å². The topological polar surface area (TPSA) is 46.2 Å². The molecule has 0 rings (SSSR count). The van der Waals surface area contributed by atoms with Gasteiger partial charge in [0.1, 0.15) is 0 Å². The smallest absolute Gasteiger partial charge is 0.257 e. The van der Waals surface area contributed by atoms with E-state index < -0.39 is 12.6 Å². The SMILES string of the molecule is O=CNC(=O)CF. The molecule has 1 N–H and O–H groups in total. The molecule has 0 aliphatic rings. The van der Waals surface area contributed by atoms with Gasteiger partial charge in [0.25, 0.3) is 5.91 Å². The monoisotopic (exact) mass is 105 g/mol. The van der Waals surface area contributed by atoms with Crippen molar-refractivity contribution < 1.29 is 14.0 Å². The predicted molar refractivity (Wildman–Crippen MR) is 20.2 cm³/mol. The first-order valence-electron chi connectivity index (χ1n) is 1.60. The molecule has 2 amide bonds. The third-order valence-electron chi connectivity index (χ3n) is 0.341. The van der Waals surface area contributed by atoms with Crippen LogP contribution in [0.5, 0.6) is 0 Å². The van der Waals surface area contributed by atoms with Crippen molar-refractivity contribution in [1.82, 2.24) is 5.32 Å². The lowest BCUT2D eigenvalue weighted by Crippen LogP contribution is -2.22. The molecule has 40 valence electrons. The first kappa shape index (κ1) is 6.07. The van der Waals surface area contributed by atoms with E-state index in [1.54, 1.807) is 5.32 Å². The Morgan fingerprint density at radius 1 is 1.86 bits per heavy atom. The highest BCUT2D eigenvalue weighted by molar-refractivity contribution is 5.86. The summed E-state index contributed by atoms with van der Waals surface area (Å²) >= 11 is 0. The third kappa shape index (κ3) is 2.88. The number of hydrogen-bond donors (Lipinski definition) is 1. The van der Waals surface area contributed by atoms with E-state index in [1.807, 2.05) is 0 Å². The Labute approximate surface area is 39.5 Å². The number of rotatable bonds is 2. The largest absolute Gasteiger partial charge is 0.297 e. The number of carbonyl (C=O) groups excluding carboxylic acids is 2. The van der Waals surface area contributed by atoms with Crippen molar-refractivity contribution in [2.45, 2.75) is 0 Å². The van der Waals surface area contributed by atoms with Crippen LogP contribution >= 0.6 is 0 Å². The highest BCUT2D eigenvalue weighted by Gasteiger charge is 1.92. The second-order valence-electron chi connectivity index (χ2n) is 0.819. The highest BCUT2D eigenvalue weighted by Crippen LogP contribution is 1.62. The van der Waals surface area contributed by atoms with Crippen molar-refractivity contribution in [3.05, 3.63) is 0 Å². The fourth-order valence-corrected chi connectivity index (χ4v) is 0.104. The molecule has 0 spiro atoms. The maximum absolute atomic E-state index is 11.0. The molecule has 0 aromatic carbocycles. The standard InChI is InChI=1S/C3H4FNO2/c4-1-3(7)5-2-6/h2H,1H2,(H,5,6,7). The summed E-state index contributed by atoms with van der Waals surface area (Å²) in [4.78, 5) is 19.0. The van der Waals surface area contributed by atoms with E-state index in [0.29, 0.717) is 0 Å². The molecule has 0 atom stereocenters. The number of nitrogens with one attached hydrogen (secondary N) is 1. The molecule has 0 aliphatic heterocycles. The zero-order chi connectivity index (χ0) is 5.70. The molecule has 0 fully saturated rings. The molecule has 0 aliphatic carbocycles. The molecule has 0 heterocycles. The van der Waals surface area contributed by atoms with Gasteiger partial charge in [-0.3, -0.25) is 14.9 Å². The second-order valence-corrected chi connectivity index (χ2v) is 0.819. The Bertz CT molecular complexity index is 83.0. The van der Waals surface area contributed by atoms with Crippen LogP contribution in [0.4, 0.5) is 4.39 Å². The van der Waals surface area contributed by atoms with Gasteiger partial charge in [-0.1, -0.05) is 0 Å². The minimum atomic E-state index is -1.14. The van der Waals surface area contributed by atoms with Crippen molar-refractivity contribution in [3.8, 4) is 0 Å². The van der Waals surface area contributed by atoms with Crippen LogP contribution < -0.4 is 5.32 Å². The van der Waals surface area contributed by atoms with Gasteiger partial charge in [-0.15, -0.1) is 0 Å². The fraction of sp³-hybridized carbons (Fsp3) is 0.333. The van der Waals surface area contributed by atoms with Crippen molar-refractivity contribution in [3.63, 3.8) is 0 Å². The number of alkyl halides is 1. The third-order valence-corrected chi connectivity index (χ3v) is 0.341. The minimum absolute atomic E-state index is 0.141. The number of imide groups is 1. The van der Waals surface area contributed by atoms with Gasteiger partial charge in [-0.05, 0) is 0 Å². The van der Waals surface area contributed by atoms with Crippen LogP contribution in [0, 0.1) is 0 Å². The average Bonchev–Trinajstić information content (AvgIpc) is 1.68. The molecule has 0 aromatic heterocycles. The van der Waals surface area contributed by atoms with E-state index in [0.717, 1.165) is 0 Å². The molecular formula is C3H4FNO2. The van der Waals surface area contributed by atoms with Crippen LogP contribution in [0.2, 0.25) is 0 Å². The van der Waals surface area contributed by atoms with E-state index in [2.05, 4.69) is 0 Å². The van der Waals surface area contributed by atoms with Crippen LogP contribution in [-0.2, 0) is 9.59 Å². The quantitative estimate of drug-likeness (QED) is 0.468. The lowest BCUT2D eigenvalue weighted by Gasteiger charge is -1.83. The predicted octanol–water partition coefficient (Wildman–Crippen LogP) is -0.772. The van der Waals surface area contributed by atoms with Crippen LogP contribution in [0.3, 0.4) is 0 Å². The number of carbonyl (C=O) groups is 2. The van der Waals surface area contributed by atoms with Gasteiger partial charge in [0.15, 0.2) is 6.67 Å². The van der Waals surface area contributed by atoms with Gasteiger partial charge in [-0.2, -0.15) is 0 Å².